The molecule has 0 saturated carbocycles. The van der Waals surface area contributed by atoms with E-state index in [1.54, 1.807) is 19.2 Å². The molecule has 3 aromatic rings. The lowest BCUT2D eigenvalue weighted by atomic mass is 9.73. The van der Waals surface area contributed by atoms with Crippen LogP contribution in [0.5, 0.6) is 5.75 Å². The van der Waals surface area contributed by atoms with Crippen molar-refractivity contribution in [2.45, 2.75) is 11.6 Å². The monoisotopic (exact) mass is 345 g/mol. The lowest BCUT2D eigenvalue weighted by molar-refractivity contribution is 0.0256. The minimum Gasteiger partial charge on any atom is -0.497 e. The van der Waals surface area contributed by atoms with E-state index in [0.29, 0.717) is 11.1 Å². The molecule has 2 N–H and O–H groups in total. The molecule has 0 aliphatic carbocycles. The molecule has 0 spiro atoms. The summed E-state index contributed by atoms with van der Waals surface area (Å²) < 4.78 is 5.22. The van der Waals surface area contributed by atoms with E-state index < -0.39 is 11.6 Å². The van der Waals surface area contributed by atoms with Crippen molar-refractivity contribution in [2.24, 2.45) is 0 Å². The number of fused-ring (bicyclic) bond motifs is 1. The van der Waals surface area contributed by atoms with Gasteiger partial charge in [0.05, 0.1) is 13.2 Å². The highest BCUT2D eigenvalue weighted by Gasteiger charge is 2.47. The standard InChI is InChI=1S/C22H19NO3/c1-26-17-13-11-15(12-14-17)20-22(25,16-7-3-2-4-8-16)19-10-6-5-9-18(19)21(24)23-20/h2-14,20,25H,1H3,(H,23,24). The number of nitrogens with one attached hydrogen (secondary N) is 1. The van der Waals surface area contributed by atoms with Gasteiger partial charge in [-0.15, -0.1) is 0 Å². The number of hydrogen-bond acceptors (Lipinski definition) is 3. The normalized spacial score (nSPS) is 21.6. The van der Waals surface area contributed by atoms with Crippen molar-refractivity contribution in [2.75, 3.05) is 7.11 Å². The van der Waals surface area contributed by atoms with Gasteiger partial charge in [-0.05, 0) is 29.3 Å². The number of amides is 1. The predicted molar refractivity (Wildman–Crippen MR) is 99.1 cm³/mol. The average Bonchev–Trinajstić information content (AvgIpc) is 2.71. The zero-order chi connectivity index (χ0) is 18.1. The first-order chi connectivity index (χ1) is 12.6. The van der Waals surface area contributed by atoms with E-state index in [1.165, 1.54) is 0 Å². The van der Waals surface area contributed by atoms with Crippen molar-refractivity contribution in [1.29, 1.82) is 0 Å². The molecule has 0 radical (unpaired) electrons. The molecule has 1 aliphatic rings. The van der Waals surface area contributed by atoms with Crippen LogP contribution in [0.25, 0.3) is 0 Å². The Morgan fingerprint density at radius 3 is 2.27 bits per heavy atom. The Hall–Kier alpha value is -3.11. The smallest absolute Gasteiger partial charge is 0.252 e. The number of aliphatic hydroxyl groups is 1. The highest BCUT2D eigenvalue weighted by Crippen LogP contribution is 2.45. The number of hydrogen-bond donors (Lipinski definition) is 2. The number of carbonyl (C=O) groups is 1. The Labute approximate surface area is 152 Å². The Morgan fingerprint density at radius 1 is 0.923 bits per heavy atom. The summed E-state index contributed by atoms with van der Waals surface area (Å²) in [4.78, 5) is 12.7. The van der Waals surface area contributed by atoms with Gasteiger partial charge in [-0.1, -0.05) is 60.7 Å². The van der Waals surface area contributed by atoms with Crippen LogP contribution in [0, 0.1) is 0 Å². The van der Waals surface area contributed by atoms with E-state index >= 15 is 0 Å². The van der Waals surface area contributed by atoms with Gasteiger partial charge in [0.1, 0.15) is 11.4 Å². The van der Waals surface area contributed by atoms with Crippen LogP contribution >= 0.6 is 0 Å². The minimum atomic E-state index is -1.37. The fourth-order valence-corrected chi connectivity index (χ4v) is 3.62. The summed E-state index contributed by atoms with van der Waals surface area (Å²) in [7, 11) is 1.61. The van der Waals surface area contributed by atoms with Gasteiger partial charge in [0.25, 0.3) is 5.91 Å². The summed E-state index contributed by atoms with van der Waals surface area (Å²) in [6, 6.07) is 23.4. The molecule has 0 saturated heterocycles. The second kappa shape index (κ2) is 6.32. The number of carbonyl (C=O) groups excluding carboxylic acids is 1. The molecule has 3 aromatic carbocycles. The Morgan fingerprint density at radius 2 is 1.58 bits per heavy atom. The third-order valence-electron chi connectivity index (χ3n) is 4.94. The SMILES string of the molecule is COc1ccc(C2NC(=O)c3ccccc3C2(O)c2ccccc2)cc1. The van der Waals surface area contributed by atoms with Crippen LogP contribution in [-0.2, 0) is 5.60 Å². The van der Waals surface area contributed by atoms with E-state index in [0.717, 1.165) is 16.9 Å². The zero-order valence-electron chi connectivity index (χ0n) is 14.3. The van der Waals surface area contributed by atoms with E-state index in [-0.39, 0.29) is 5.91 Å². The molecule has 130 valence electrons. The Balaban J connectivity index is 1.93. The molecule has 4 rings (SSSR count). The van der Waals surface area contributed by atoms with Crippen LogP contribution in [0.2, 0.25) is 0 Å². The van der Waals surface area contributed by atoms with E-state index in [4.69, 9.17) is 4.74 Å². The van der Waals surface area contributed by atoms with Gasteiger partial charge in [-0.3, -0.25) is 4.79 Å². The highest BCUT2D eigenvalue weighted by atomic mass is 16.5. The fraction of sp³-hybridized carbons (Fsp3) is 0.136. The second-order valence-corrected chi connectivity index (χ2v) is 6.36. The van der Waals surface area contributed by atoms with E-state index in [9.17, 15) is 9.90 Å². The Kier molecular flexibility index (Phi) is 3.98. The molecule has 2 unspecified atom stereocenters. The van der Waals surface area contributed by atoms with Crippen molar-refractivity contribution in [3.8, 4) is 5.75 Å². The minimum absolute atomic E-state index is 0.193. The molecule has 2 atom stereocenters. The van der Waals surface area contributed by atoms with E-state index in [1.807, 2.05) is 66.7 Å². The topological polar surface area (TPSA) is 58.6 Å². The van der Waals surface area contributed by atoms with Gasteiger partial charge in [-0.2, -0.15) is 0 Å². The lowest BCUT2D eigenvalue weighted by Crippen LogP contribution is -2.50. The first kappa shape index (κ1) is 16.4. The van der Waals surface area contributed by atoms with Gasteiger partial charge < -0.3 is 15.2 Å². The predicted octanol–water partition coefficient (Wildman–Crippen LogP) is 3.42. The molecule has 1 aliphatic heterocycles. The van der Waals surface area contributed by atoms with Gasteiger partial charge in [0.2, 0.25) is 0 Å². The maximum atomic E-state index is 12.7. The third-order valence-corrected chi connectivity index (χ3v) is 4.94. The van der Waals surface area contributed by atoms with Crippen LogP contribution in [0.15, 0.2) is 78.9 Å². The van der Waals surface area contributed by atoms with Crippen molar-refractivity contribution in [1.82, 2.24) is 5.32 Å². The summed E-state index contributed by atoms with van der Waals surface area (Å²) in [5, 5.41) is 14.9. The van der Waals surface area contributed by atoms with Crippen molar-refractivity contribution >= 4 is 5.91 Å². The molecule has 4 nitrogen and oxygen atoms in total. The van der Waals surface area contributed by atoms with Crippen molar-refractivity contribution < 1.29 is 14.6 Å². The number of rotatable bonds is 3. The van der Waals surface area contributed by atoms with Crippen molar-refractivity contribution in [3.63, 3.8) is 0 Å². The summed E-state index contributed by atoms with van der Waals surface area (Å²) >= 11 is 0. The quantitative estimate of drug-likeness (QED) is 0.765. The molecule has 4 heteroatoms. The number of ether oxygens (including phenoxy) is 1. The van der Waals surface area contributed by atoms with Crippen LogP contribution in [-0.4, -0.2) is 18.1 Å². The van der Waals surface area contributed by atoms with Crippen LogP contribution in [0.1, 0.15) is 33.1 Å². The van der Waals surface area contributed by atoms with Gasteiger partial charge in [-0.25, -0.2) is 0 Å². The number of benzene rings is 3. The summed E-state index contributed by atoms with van der Waals surface area (Å²) in [5.41, 5.74) is 1.26. The van der Waals surface area contributed by atoms with Gasteiger partial charge in [0.15, 0.2) is 0 Å². The molecule has 1 amide bonds. The summed E-state index contributed by atoms with van der Waals surface area (Å²) in [5.74, 6) is 0.529. The molecule has 0 aromatic heterocycles. The molecular weight excluding hydrogens is 326 g/mol. The Bertz CT molecular complexity index is 937. The van der Waals surface area contributed by atoms with Gasteiger partial charge >= 0.3 is 0 Å². The first-order valence-electron chi connectivity index (χ1n) is 8.47. The molecule has 0 bridgehead atoms. The van der Waals surface area contributed by atoms with Crippen LogP contribution in [0.4, 0.5) is 0 Å². The van der Waals surface area contributed by atoms with E-state index in [2.05, 4.69) is 5.32 Å². The van der Waals surface area contributed by atoms with Crippen LogP contribution < -0.4 is 10.1 Å². The van der Waals surface area contributed by atoms with Gasteiger partial charge in [0, 0.05) is 11.1 Å². The molecular formula is C22H19NO3. The third kappa shape index (κ3) is 2.47. The summed E-state index contributed by atoms with van der Waals surface area (Å²) in [6.07, 6.45) is 0. The maximum Gasteiger partial charge on any atom is 0.252 e. The lowest BCUT2D eigenvalue weighted by Gasteiger charge is -2.42. The zero-order valence-corrected chi connectivity index (χ0v) is 14.3. The average molecular weight is 345 g/mol. The maximum absolute atomic E-state index is 12.7. The highest BCUT2D eigenvalue weighted by molar-refractivity contribution is 5.98. The molecule has 1 heterocycles. The molecule has 26 heavy (non-hydrogen) atoms. The van der Waals surface area contributed by atoms with Crippen molar-refractivity contribution in [3.05, 3.63) is 101 Å². The fourth-order valence-electron chi connectivity index (χ4n) is 3.62. The summed E-state index contributed by atoms with van der Waals surface area (Å²) in [6.45, 7) is 0. The second-order valence-electron chi connectivity index (χ2n) is 6.36. The van der Waals surface area contributed by atoms with Crippen LogP contribution in [0.3, 0.4) is 0 Å². The largest absolute Gasteiger partial charge is 0.497 e. The molecule has 0 fully saturated rings. The number of methoxy groups -OCH3 is 1. The first-order valence-corrected chi connectivity index (χ1v) is 8.47.